The molecule has 2 aliphatic heterocycles. The van der Waals surface area contributed by atoms with E-state index in [-0.39, 0.29) is 45.6 Å². The van der Waals surface area contributed by atoms with Crippen molar-refractivity contribution in [1.29, 1.82) is 0 Å². The predicted molar refractivity (Wildman–Crippen MR) is 112 cm³/mol. The summed E-state index contributed by atoms with van der Waals surface area (Å²) in [6.07, 6.45) is -2.18. The van der Waals surface area contributed by atoms with Crippen molar-refractivity contribution in [2.75, 3.05) is 24.5 Å². The number of hydrogen-bond donors (Lipinski definition) is 2. The van der Waals surface area contributed by atoms with Gasteiger partial charge in [0.25, 0.3) is 0 Å². The van der Waals surface area contributed by atoms with E-state index in [0.717, 1.165) is 18.9 Å². The van der Waals surface area contributed by atoms with Gasteiger partial charge in [0.1, 0.15) is 11.5 Å². The monoisotopic (exact) mass is 452 g/mol. The summed E-state index contributed by atoms with van der Waals surface area (Å²) in [5.41, 5.74) is 4.30. The molecule has 2 aromatic rings. The number of anilines is 1. The molecule has 1 aromatic carbocycles. The standard InChI is InChI=1S/C22H24F4N4O2/c1-3-17(32)30-6-4-5-12-9-29(10-15(12)30)20-14(23)7-13(8-16(27)31)19-18(20)11(2)21(28-19)22(24,25)26/h3,7,12,15,28H,1,4-6,8-10H2,2H3,(H2,27,31). The zero-order chi connectivity index (χ0) is 23.4. The van der Waals surface area contributed by atoms with Crippen LogP contribution in [0.4, 0.5) is 23.2 Å². The highest BCUT2D eigenvalue weighted by Crippen LogP contribution is 2.44. The van der Waals surface area contributed by atoms with Gasteiger partial charge in [0.2, 0.25) is 11.8 Å². The first-order valence-corrected chi connectivity index (χ1v) is 10.4. The maximum atomic E-state index is 15.4. The topological polar surface area (TPSA) is 82.4 Å². The number of aryl methyl sites for hydroxylation is 1. The Labute approximate surface area is 182 Å². The van der Waals surface area contributed by atoms with Crippen LogP contribution in [0, 0.1) is 18.7 Å². The van der Waals surface area contributed by atoms with Gasteiger partial charge < -0.3 is 20.5 Å². The molecule has 0 aliphatic carbocycles. The minimum atomic E-state index is -4.67. The number of carbonyl (C=O) groups is 2. The van der Waals surface area contributed by atoms with E-state index in [1.54, 1.807) is 9.80 Å². The summed E-state index contributed by atoms with van der Waals surface area (Å²) < 4.78 is 56.3. The fourth-order valence-corrected chi connectivity index (χ4v) is 5.22. The summed E-state index contributed by atoms with van der Waals surface area (Å²) in [7, 11) is 0. The first-order valence-electron chi connectivity index (χ1n) is 10.4. The van der Waals surface area contributed by atoms with Crippen LogP contribution in [0.2, 0.25) is 0 Å². The van der Waals surface area contributed by atoms with Crippen molar-refractivity contribution in [3.8, 4) is 0 Å². The molecule has 2 saturated heterocycles. The summed E-state index contributed by atoms with van der Waals surface area (Å²) in [4.78, 5) is 29.5. The van der Waals surface area contributed by atoms with E-state index in [9.17, 15) is 22.8 Å². The number of primary amides is 1. The normalized spacial score (nSPS) is 21.2. The Morgan fingerprint density at radius 1 is 1.34 bits per heavy atom. The first-order chi connectivity index (χ1) is 15.0. The number of nitrogens with zero attached hydrogens (tertiary/aromatic N) is 2. The number of nitrogens with one attached hydrogen (secondary N) is 1. The van der Waals surface area contributed by atoms with E-state index in [4.69, 9.17) is 5.73 Å². The highest BCUT2D eigenvalue weighted by atomic mass is 19.4. The Hall–Kier alpha value is -3.04. The second-order valence-corrected chi connectivity index (χ2v) is 8.49. The van der Waals surface area contributed by atoms with Gasteiger partial charge in [0, 0.05) is 25.0 Å². The number of H-pyrrole nitrogens is 1. The molecule has 2 unspecified atom stereocenters. The van der Waals surface area contributed by atoms with E-state index >= 15 is 4.39 Å². The molecule has 3 N–H and O–H groups in total. The van der Waals surface area contributed by atoms with Crippen LogP contribution in [0.5, 0.6) is 0 Å². The Bertz CT molecular complexity index is 1110. The molecule has 3 heterocycles. The van der Waals surface area contributed by atoms with Gasteiger partial charge in [-0.15, -0.1) is 0 Å². The van der Waals surface area contributed by atoms with Crippen molar-refractivity contribution < 1.29 is 27.2 Å². The Kier molecular flexibility index (Phi) is 5.42. The van der Waals surface area contributed by atoms with E-state index in [1.807, 2.05) is 0 Å². The van der Waals surface area contributed by atoms with Crippen LogP contribution in [0.25, 0.3) is 10.9 Å². The van der Waals surface area contributed by atoms with Crippen molar-refractivity contribution in [3.63, 3.8) is 0 Å². The number of carbonyl (C=O) groups excluding carboxylic acids is 2. The molecule has 0 saturated carbocycles. The van der Waals surface area contributed by atoms with E-state index < -0.39 is 30.0 Å². The third-order valence-electron chi connectivity index (χ3n) is 6.54. The largest absolute Gasteiger partial charge is 0.431 e. The predicted octanol–water partition coefficient (Wildman–Crippen LogP) is 3.28. The first kappa shape index (κ1) is 22.2. The lowest BCUT2D eigenvalue weighted by molar-refractivity contribution is -0.141. The van der Waals surface area contributed by atoms with Crippen molar-refractivity contribution in [1.82, 2.24) is 9.88 Å². The van der Waals surface area contributed by atoms with Gasteiger partial charge in [-0.3, -0.25) is 9.59 Å². The van der Waals surface area contributed by atoms with Gasteiger partial charge in [-0.2, -0.15) is 13.2 Å². The molecule has 172 valence electrons. The number of alkyl halides is 3. The summed E-state index contributed by atoms with van der Waals surface area (Å²) in [6, 6.07) is 0.906. The average Bonchev–Trinajstić information content (AvgIpc) is 3.28. The fourth-order valence-electron chi connectivity index (χ4n) is 5.22. The van der Waals surface area contributed by atoms with Gasteiger partial charge >= 0.3 is 6.18 Å². The number of rotatable bonds is 4. The van der Waals surface area contributed by atoms with Crippen molar-refractivity contribution >= 4 is 28.4 Å². The Morgan fingerprint density at radius 3 is 2.69 bits per heavy atom. The number of benzene rings is 1. The third-order valence-corrected chi connectivity index (χ3v) is 6.54. The number of hydrogen-bond acceptors (Lipinski definition) is 3. The van der Waals surface area contributed by atoms with Gasteiger partial charge in [-0.1, -0.05) is 6.58 Å². The second kappa shape index (κ2) is 7.83. The number of piperidine rings is 1. The minimum absolute atomic E-state index is 0.0536. The summed E-state index contributed by atoms with van der Waals surface area (Å²) >= 11 is 0. The fraction of sp³-hybridized carbons (Fsp3) is 0.455. The lowest BCUT2D eigenvalue weighted by Gasteiger charge is -2.36. The molecule has 6 nitrogen and oxygen atoms in total. The van der Waals surface area contributed by atoms with Crippen LogP contribution in [-0.2, 0) is 22.2 Å². The lowest BCUT2D eigenvalue weighted by Crippen LogP contribution is -2.47. The third kappa shape index (κ3) is 3.61. The molecular formula is C22H24F4N4O2. The SMILES string of the molecule is C=CC(=O)N1CCCC2CN(c3c(F)cc(CC(N)=O)c4[nH]c(C(F)(F)F)c(C)c34)CC21. The van der Waals surface area contributed by atoms with Crippen LogP contribution >= 0.6 is 0 Å². The van der Waals surface area contributed by atoms with Crippen molar-refractivity contribution in [2.45, 2.75) is 38.4 Å². The van der Waals surface area contributed by atoms with Crippen LogP contribution in [0.1, 0.15) is 29.7 Å². The second-order valence-electron chi connectivity index (χ2n) is 8.49. The number of aromatic amines is 1. The number of aromatic nitrogens is 1. The van der Waals surface area contributed by atoms with Crippen molar-refractivity contribution in [2.24, 2.45) is 11.7 Å². The quantitative estimate of drug-likeness (QED) is 0.552. The number of likely N-dealkylation sites (tertiary alicyclic amines) is 1. The zero-order valence-corrected chi connectivity index (χ0v) is 17.6. The van der Waals surface area contributed by atoms with Crippen LogP contribution in [-0.4, -0.2) is 47.4 Å². The minimum Gasteiger partial charge on any atom is -0.369 e. The lowest BCUT2D eigenvalue weighted by atomic mass is 9.92. The van der Waals surface area contributed by atoms with Gasteiger partial charge in [-0.05, 0) is 49.0 Å². The van der Waals surface area contributed by atoms with Crippen molar-refractivity contribution in [3.05, 3.63) is 41.4 Å². The molecule has 0 radical (unpaired) electrons. The molecule has 4 rings (SSSR count). The Morgan fingerprint density at radius 2 is 2.06 bits per heavy atom. The maximum Gasteiger partial charge on any atom is 0.431 e. The number of nitrogens with two attached hydrogens (primary N) is 1. The molecule has 10 heteroatoms. The molecule has 32 heavy (non-hydrogen) atoms. The average molecular weight is 452 g/mol. The molecule has 2 atom stereocenters. The van der Waals surface area contributed by atoms with E-state index in [1.165, 1.54) is 13.0 Å². The van der Waals surface area contributed by atoms with E-state index in [0.29, 0.717) is 19.6 Å². The van der Waals surface area contributed by atoms with Gasteiger partial charge in [-0.25, -0.2) is 4.39 Å². The van der Waals surface area contributed by atoms with Crippen LogP contribution < -0.4 is 10.6 Å². The highest BCUT2D eigenvalue weighted by Gasteiger charge is 2.43. The van der Waals surface area contributed by atoms with Crippen LogP contribution in [0.3, 0.4) is 0 Å². The molecule has 2 aliphatic rings. The van der Waals surface area contributed by atoms with Crippen LogP contribution in [0.15, 0.2) is 18.7 Å². The molecule has 2 amide bonds. The zero-order valence-electron chi connectivity index (χ0n) is 17.6. The van der Waals surface area contributed by atoms with Gasteiger partial charge in [0.15, 0.2) is 0 Å². The molecule has 0 bridgehead atoms. The number of halogens is 4. The summed E-state index contributed by atoms with van der Waals surface area (Å²) in [5, 5.41) is 0.0915. The molecule has 0 spiro atoms. The summed E-state index contributed by atoms with van der Waals surface area (Å²) in [5.74, 6) is -1.62. The Balaban J connectivity index is 1.85. The molecular weight excluding hydrogens is 428 g/mol. The maximum absolute atomic E-state index is 15.4. The van der Waals surface area contributed by atoms with E-state index in [2.05, 4.69) is 11.6 Å². The van der Waals surface area contributed by atoms with Gasteiger partial charge in [0.05, 0.1) is 23.7 Å². The smallest absolute Gasteiger partial charge is 0.369 e. The number of amides is 2. The number of fused-ring (bicyclic) bond motifs is 2. The highest BCUT2D eigenvalue weighted by molar-refractivity contribution is 6.00. The molecule has 1 aromatic heterocycles. The molecule has 2 fully saturated rings. The summed E-state index contributed by atoms with van der Waals surface area (Å²) in [6.45, 7) is 6.11.